The first-order valence-corrected chi connectivity index (χ1v) is 7.48. The maximum atomic E-state index is 4.66. The fourth-order valence-electron chi connectivity index (χ4n) is 2.99. The summed E-state index contributed by atoms with van der Waals surface area (Å²) in [6.45, 7) is 6.49. The average Bonchev–Trinajstić information content (AvgIpc) is 2.66. The molecule has 1 heterocycles. The van der Waals surface area contributed by atoms with E-state index in [9.17, 15) is 0 Å². The second-order valence-electron chi connectivity index (χ2n) is 5.39. The van der Waals surface area contributed by atoms with Crippen molar-refractivity contribution in [1.82, 2.24) is 9.78 Å². The van der Waals surface area contributed by atoms with Gasteiger partial charge in [-0.15, -0.1) is 0 Å². The third kappa shape index (κ3) is 1.97. The molecule has 20 heavy (non-hydrogen) atoms. The summed E-state index contributed by atoms with van der Waals surface area (Å²) in [6, 6.07) is 10.8. The van der Waals surface area contributed by atoms with Gasteiger partial charge in [-0.2, -0.15) is 5.10 Å². The predicted molar refractivity (Wildman–Crippen MR) is 88.1 cm³/mol. The predicted octanol–water partition coefficient (Wildman–Crippen LogP) is 4.93. The first-order valence-electron chi connectivity index (χ1n) is 6.68. The van der Waals surface area contributed by atoms with Crippen LogP contribution in [0, 0.1) is 20.8 Å². The monoisotopic (exact) mass is 328 g/mol. The van der Waals surface area contributed by atoms with Crippen LogP contribution in [0.3, 0.4) is 0 Å². The molecule has 1 aromatic heterocycles. The highest BCUT2D eigenvalue weighted by Gasteiger charge is 2.14. The standard InChI is InChI=1S/C17H17BrN2/c1-10-8-11(2)15(12(3)9-10)13-6-5-7-14-16(13)19-20(4)17(14)18/h5-9H,1-4H3. The average molecular weight is 329 g/mol. The van der Waals surface area contributed by atoms with Gasteiger partial charge in [-0.05, 0) is 59.5 Å². The van der Waals surface area contributed by atoms with Gasteiger partial charge in [0.25, 0.3) is 0 Å². The van der Waals surface area contributed by atoms with Crippen LogP contribution in [0.15, 0.2) is 34.9 Å². The highest BCUT2D eigenvalue weighted by molar-refractivity contribution is 9.10. The Balaban J connectivity index is 2.39. The van der Waals surface area contributed by atoms with Crippen LogP contribution in [0.2, 0.25) is 0 Å². The molecule has 0 saturated heterocycles. The van der Waals surface area contributed by atoms with Crippen LogP contribution in [0.4, 0.5) is 0 Å². The zero-order valence-electron chi connectivity index (χ0n) is 12.2. The maximum absolute atomic E-state index is 4.66. The van der Waals surface area contributed by atoms with Crippen LogP contribution in [-0.4, -0.2) is 9.78 Å². The van der Waals surface area contributed by atoms with Crippen molar-refractivity contribution < 1.29 is 0 Å². The summed E-state index contributed by atoms with van der Waals surface area (Å²) in [5.74, 6) is 0. The quantitative estimate of drug-likeness (QED) is 0.619. The minimum atomic E-state index is 1.02. The molecule has 0 unspecified atom stereocenters. The van der Waals surface area contributed by atoms with Gasteiger partial charge in [-0.3, -0.25) is 4.68 Å². The van der Waals surface area contributed by atoms with Gasteiger partial charge in [0.05, 0.1) is 0 Å². The zero-order valence-corrected chi connectivity index (χ0v) is 13.7. The second-order valence-corrected chi connectivity index (χ2v) is 6.14. The smallest absolute Gasteiger partial charge is 0.111 e. The lowest BCUT2D eigenvalue weighted by molar-refractivity contribution is 0.761. The molecule has 3 heteroatoms. The van der Waals surface area contributed by atoms with E-state index in [0.29, 0.717) is 0 Å². The fraction of sp³-hybridized carbons (Fsp3) is 0.235. The van der Waals surface area contributed by atoms with Gasteiger partial charge >= 0.3 is 0 Å². The number of hydrogen-bond donors (Lipinski definition) is 0. The summed E-state index contributed by atoms with van der Waals surface area (Å²) in [5, 5.41) is 5.82. The second kappa shape index (κ2) is 4.74. The van der Waals surface area contributed by atoms with Crippen molar-refractivity contribution in [1.29, 1.82) is 0 Å². The Hall–Kier alpha value is -1.61. The molecule has 0 N–H and O–H groups in total. The van der Waals surface area contributed by atoms with Crippen LogP contribution >= 0.6 is 15.9 Å². The van der Waals surface area contributed by atoms with E-state index in [1.54, 1.807) is 0 Å². The van der Waals surface area contributed by atoms with Crippen molar-refractivity contribution in [2.24, 2.45) is 7.05 Å². The van der Waals surface area contributed by atoms with Gasteiger partial charge in [0, 0.05) is 18.0 Å². The molecule has 0 aliphatic heterocycles. The third-order valence-electron chi connectivity index (χ3n) is 3.74. The number of fused-ring (bicyclic) bond motifs is 1. The van der Waals surface area contributed by atoms with Gasteiger partial charge < -0.3 is 0 Å². The summed E-state index contributed by atoms with van der Waals surface area (Å²) in [7, 11) is 1.96. The van der Waals surface area contributed by atoms with E-state index in [4.69, 9.17) is 0 Å². The Morgan fingerprint density at radius 3 is 2.35 bits per heavy atom. The molecule has 3 rings (SSSR count). The molecule has 102 valence electrons. The van der Waals surface area contributed by atoms with E-state index < -0.39 is 0 Å². The van der Waals surface area contributed by atoms with Crippen LogP contribution < -0.4 is 0 Å². The molecular weight excluding hydrogens is 312 g/mol. The number of aromatic nitrogens is 2. The van der Waals surface area contributed by atoms with Crippen LogP contribution in [0.5, 0.6) is 0 Å². The van der Waals surface area contributed by atoms with E-state index in [2.05, 4.69) is 72.1 Å². The number of nitrogens with zero attached hydrogens (tertiary/aromatic N) is 2. The first-order chi connectivity index (χ1) is 9.49. The van der Waals surface area contributed by atoms with Gasteiger partial charge in [-0.25, -0.2) is 0 Å². The summed E-state index contributed by atoms with van der Waals surface area (Å²) < 4.78 is 2.91. The van der Waals surface area contributed by atoms with Gasteiger partial charge in [-0.1, -0.05) is 29.8 Å². The van der Waals surface area contributed by atoms with Crippen molar-refractivity contribution in [3.8, 4) is 11.1 Å². The molecular formula is C17H17BrN2. The zero-order chi connectivity index (χ0) is 14.4. The molecule has 0 spiro atoms. The summed E-state index contributed by atoms with van der Waals surface area (Å²) in [5.41, 5.74) is 7.47. The van der Waals surface area contributed by atoms with Crippen molar-refractivity contribution >= 4 is 26.8 Å². The topological polar surface area (TPSA) is 17.8 Å². The number of hydrogen-bond acceptors (Lipinski definition) is 1. The molecule has 2 nitrogen and oxygen atoms in total. The van der Waals surface area contributed by atoms with E-state index in [1.807, 2.05) is 11.7 Å². The van der Waals surface area contributed by atoms with Crippen LogP contribution in [-0.2, 0) is 7.05 Å². The third-order valence-corrected chi connectivity index (χ3v) is 4.68. The Labute approximate surface area is 127 Å². The summed E-state index contributed by atoms with van der Waals surface area (Å²) >= 11 is 3.61. The van der Waals surface area contributed by atoms with E-state index >= 15 is 0 Å². The first kappa shape index (κ1) is 13.4. The Morgan fingerprint density at radius 1 is 1.05 bits per heavy atom. The Bertz CT molecular complexity index is 792. The van der Waals surface area contributed by atoms with E-state index in [-0.39, 0.29) is 0 Å². The molecule has 0 amide bonds. The minimum absolute atomic E-state index is 1.02. The number of halogens is 1. The molecule has 0 bridgehead atoms. The molecule has 0 fully saturated rings. The molecule has 0 radical (unpaired) electrons. The molecule has 0 aliphatic rings. The van der Waals surface area contributed by atoms with Crippen LogP contribution in [0.1, 0.15) is 16.7 Å². The van der Waals surface area contributed by atoms with Crippen LogP contribution in [0.25, 0.3) is 22.0 Å². The SMILES string of the molecule is Cc1cc(C)c(-c2cccc3c(Br)n(C)nc23)c(C)c1. The molecule has 2 aromatic carbocycles. The minimum Gasteiger partial charge on any atom is -0.260 e. The lowest BCUT2D eigenvalue weighted by atomic mass is 9.93. The van der Waals surface area contributed by atoms with Crippen molar-refractivity contribution in [2.45, 2.75) is 20.8 Å². The van der Waals surface area contributed by atoms with Crippen molar-refractivity contribution in [3.63, 3.8) is 0 Å². The normalized spacial score (nSPS) is 11.2. The molecule has 0 aliphatic carbocycles. The summed E-state index contributed by atoms with van der Waals surface area (Å²) in [6.07, 6.45) is 0. The number of rotatable bonds is 1. The Kier molecular flexibility index (Phi) is 3.17. The lowest BCUT2D eigenvalue weighted by Crippen LogP contribution is -1.92. The van der Waals surface area contributed by atoms with Gasteiger partial charge in [0.2, 0.25) is 0 Å². The largest absolute Gasteiger partial charge is 0.260 e. The van der Waals surface area contributed by atoms with Gasteiger partial charge in [0.1, 0.15) is 10.1 Å². The lowest BCUT2D eigenvalue weighted by Gasteiger charge is -2.12. The summed E-state index contributed by atoms with van der Waals surface area (Å²) in [4.78, 5) is 0. The van der Waals surface area contributed by atoms with Crippen molar-refractivity contribution in [2.75, 3.05) is 0 Å². The molecule has 0 saturated carbocycles. The number of aryl methyl sites for hydroxylation is 4. The molecule has 3 aromatic rings. The molecule has 0 atom stereocenters. The van der Waals surface area contributed by atoms with Gasteiger partial charge in [0.15, 0.2) is 0 Å². The van der Waals surface area contributed by atoms with E-state index in [1.165, 1.54) is 27.8 Å². The Morgan fingerprint density at radius 2 is 1.70 bits per heavy atom. The highest BCUT2D eigenvalue weighted by atomic mass is 79.9. The highest BCUT2D eigenvalue weighted by Crippen LogP contribution is 2.35. The van der Waals surface area contributed by atoms with E-state index in [0.717, 1.165) is 15.5 Å². The number of benzene rings is 2. The maximum Gasteiger partial charge on any atom is 0.111 e. The fourth-order valence-corrected chi connectivity index (χ4v) is 3.39. The van der Waals surface area contributed by atoms with Crippen molar-refractivity contribution in [3.05, 3.63) is 51.6 Å².